The maximum absolute atomic E-state index is 12.3. The van der Waals surface area contributed by atoms with E-state index in [0.717, 1.165) is 25.0 Å². The van der Waals surface area contributed by atoms with Crippen LogP contribution in [0.4, 0.5) is 5.13 Å². The molecule has 6 nitrogen and oxygen atoms in total. The summed E-state index contributed by atoms with van der Waals surface area (Å²) < 4.78 is 6.51. The maximum atomic E-state index is 12.3. The third kappa shape index (κ3) is 2.56. The SMILES string of the molecule is COc1cn(C)c(C(=O)Nc2nc3c(s2)CCC3)cc1=O. The molecule has 0 spiro atoms. The van der Waals surface area contributed by atoms with E-state index in [4.69, 9.17) is 4.74 Å². The first kappa shape index (κ1) is 13.8. The van der Waals surface area contributed by atoms with Crippen LogP contribution >= 0.6 is 11.3 Å². The number of rotatable bonds is 3. The van der Waals surface area contributed by atoms with Gasteiger partial charge in [0, 0.05) is 18.0 Å². The van der Waals surface area contributed by atoms with Crippen LogP contribution in [0.25, 0.3) is 0 Å². The number of methoxy groups -OCH3 is 1. The lowest BCUT2D eigenvalue weighted by Crippen LogP contribution is -2.21. The Hall–Kier alpha value is -2.15. The second-order valence-electron chi connectivity index (χ2n) is 4.90. The van der Waals surface area contributed by atoms with Crippen molar-refractivity contribution in [1.82, 2.24) is 9.55 Å². The first-order valence-electron chi connectivity index (χ1n) is 6.63. The van der Waals surface area contributed by atoms with Crippen LogP contribution in [0.5, 0.6) is 5.75 Å². The molecule has 0 bridgehead atoms. The standard InChI is InChI=1S/C14H15N3O3S/c1-17-7-11(20-2)10(18)6-9(17)13(19)16-14-15-8-4-3-5-12(8)21-14/h6-7H,3-5H2,1-2H3,(H,15,16,19). The molecule has 1 N–H and O–H groups in total. The van der Waals surface area contributed by atoms with Gasteiger partial charge in [0.15, 0.2) is 10.9 Å². The van der Waals surface area contributed by atoms with Crippen molar-refractivity contribution in [2.75, 3.05) is 12.4 Å². The Labute approximate surface area is 125 Å². The number of fused-ring (bicyclic) bond motifs is 1. The van der Waals surface area contributed by atoms with E-state index in [2.05, 4.69) is 10.3 Å². The topological polar surface area (TPSA) is 73.2 Å². The zero-order chi connectivity index (χ0) is 15.0. The van der Waals surface area contributed by atoms with E-state index < -0.39 is 0 Å². The van der Waals surface area contributed by atoms with Gasteiger partial charge in [-0.2, -0.15) is 0 Å². The molecule has 0 radical (unpaired) electrons. The van der Waals surface area contributed by atoms with Crippen molar-refractivity contribution in [2.24, 2.45) is 7.05 Å². The van der Waals surface area contributed by atoms with Crippen LogP contribution in [-0.4, -0.2) is 22.6 Å². The average Bonchev–Trinajstić information content (AvgIpc) is 3.01. The van der Waals surface area contributed by atoms with Crippen molar-refractivity contribution in [3.05, 3.63) is 38.8 Å². The molecular weight excluding hydrogens is 290 g/mol. The highest BCUT2D eigenvalue weighted by Gasteiger charge is 2.19. The molecule has 2 aromatic rings. The number of carbonyl (C=O) groups excluding carboxylic acids is 1. The number of aryl methyl sites for hydroxylation is 3. The number of nitrogens with one attached hydrogen (secondary N) is 1. The van der Waals surface area contributed by atoms with E-state index in [1.165, 1.54) is 35.6 Å². The zero-order valence-corrected chi connectivity index (χ0v) is 12.6. The van der Waals surface area contributed by atoms with Crippen LogP contribution < -0.4 is 15.5 Å². The van der Waals surface area contributed by atoms with Crippen LogP contribution in [-0.2, 0) is 19.9 Å². The number of hydrogen-bond acceptors (Lipinski definition) is 5. The molecular formula is C14H15N3O3S. The number of carbonyl (C=O) groups is 1. The Morgan fingerprint density at radius 1 is 1.48 bits per heavy atom. The first-order valence-corrected chi connectivity index (χ1v) is 7.44. The van der Waals surface area contributed by atoms with Gasteiger partial charge in [-0.25, -0.2) is 4.98 Å². The van der Waals surface area contributed by atoms with E-state index in [1.54, 1.807) is 11.6 Å². The van der Waals surface area contributed by atoms with Gasteiger partial charge < -0.3 is 9.30 Å². The van der Waals surface area contributed by atoms with Gasteiger partial charge in [0.05, 0.1) is 19.0 Å². The molecule has 2 aromatic heterocycles. The lowest BCUT2D eigenvalue weighted by molar-refractivity contribution is 0.101. The number of hydrogen-bond donors (Lipinski definition) is 1. The summed E-state index contributed by atoms with van der Waals surface area (Å²) in [4.78, 5) is 29.7. The highest BCUT2D eigenvalue weighted by atomic mass is 32.1. The molecule has 1 aliphatic rings. The summed E-state index contributed by atoms with van der Waals surface area (Å²) in [7, 11) is 3.12. The van der Waals surface area contributed by atoms with Crippen molar-refractivity contribution < 1.29 is 9.53 Å². The molecule has 3 rings (SSSR count). The minimum atomic E-state index is -0.343. The van der Waals surface area contributed by atoms with Gasteiger partial charge in [0.25, 0.3) is 5.91 Å². The number of pyridine rings is 1. The van der Waals surface area contributed by atoms with Crippen LogP contribution in [0.1, 0.15) is 27.5 Å². The fraction of sp³-hybridized carbons (Fsp3) is 0.357. The van der Waals surface area contributed by atoms with Crippen LogP contribution in [0.3, 0.4) is 0 Å². The summed E-state index contributed by atoms with van der Waals surface area (Å²) in [5.74, 6) is -0.132. The molecule has 0 atom stereocenters. The molecule has 0 aliphatic heterocycles. The van der Waals surface area contributed by atoms with E-state index >= 15 is 0 Å². The number of thiazole rings is 1. The van der Waals surface area contributed by atoms with Crippen molar-refractivity contribution in [1.29, 1.82) is 0 Å². The van der Waals surface area contributed by atoms with Crippen LogP contribution in [0.15, 0.2) is 17.1 Å². The molecule has 0 saturated carbocycles. The Morgan fingerprint density at radius 3 is 3.00 bits per heavy atom. The number of anilines is 1. The summed E-state index contributed by atoms with van der Waals surface area (Å²) in [6.45, 7) is 0. The molecule has 2 heterocycles. The third-order valence-electron chi connectivity index (χ3n) is 3.47. The second kappa shape index (κ2) is 5.33. The second-order valence-corrected chi connectivity index (χ2v) is 5.98. The van der Waals surface area contributed by atoms with Crippen LogP contribution in [0, 0.1) is 0 Å². The van der Waals surface area contributed by atoms with Gasteiger partial charge in [-0.1, -0.05) is 0 Å². The van der Waals surface area contributed by atoms with Gasteiger partial charge in [-0.15, -0.1) is 11.3 Å². The van der Waals surface area contributed by atoms with Crippen LogP contribution in [0.2, 0.25) is 0 Å². The number of aromatic nitrogens is 2. The number of nitrogens with zero attached hydrogens (tertiary/aromatic N) is 2. The Balaban J connectivity index is 1.85. The summed E-state index contributed by atoms with van der Waals surface area (Å²) in [6, 6.07) is 1.27. The largest absolute Gasteiger partial charge is 0.491 e. The number of amides is 1. The quantitative estimate of drug-likeness (QED) is 0.934. The minimum Gasteiger partial charge on any atom is -0.491 e. The molecule has 0 unspecified atom stereocenters. The molecule has 21 heavy (non-hydrogen) atoms. The first-order chi connectivity index (χ1) is 10.1. The van der Waals surface area contributed by atoms with Gasteiger partial charge >= 0.3 is 0 Å². The zero-order valence-electron chi connectivity index (χ0n) is 11.8. The Morgan fingerprint density at radius 2 is 2.29 bits per heavy atom. The van der Waals surface area contributed by atoms with Gasteiger partial charge in [-0.05, 0) is 19.3 Å². The van der Waals surface area contributed by atoms with Crippen molar-refractivity contribution in [2.45, 2.75) is 19.3 Å². The molecule has 7 heteroatoms. The fourth-order valence-electron chi connectivity index (χ4n) is 2.39. The monoisotopic (exact) mass is 305 g/mol. The van der Waals surface area contributed by atoms with E-state index in [1.807, 2.05) is 0 Å². The lowest BCUT2D eigenvalue weighted by atomic mass is 10.3. The van der Waals surface area contributed by atoms with Gasteiger partial charge in [0.2, 0.25) is 5.43 Å². The third-order valence-corrected chi connectivity index (χ3v) is 4.54. The summed E-state index contributed by atoms with van der Waals surface area (Å²) in [5.41, 5.74) is 1.04. The highest BCUT2D eigenvalue weighted by molar-refractivity contribution is 7.15. The van der Waals surface area contributed by atoms with Gasteiger partial charge in [-0.3, -0.25) is 14.9 Å². The molecule has 1 amide bonds. The van der Waals surface area contributed by atoms with Crippen molar-refractivity contribution in [3.63, 3.8) is 0 Å². The molecule has 110 valence electrons. The smallest absolute Gasteiger partial charge is 0.274 e. The fourth-order valence-corrected chi connectivity index (χ4v) is 3.44. The average molecular weight is 305 g/mol. The van der Waals surface area contributed by atoms with E-state index in [0.29, 0.717) is 5.13 Å². The molecule has 1 aliphatic carbocycles. The maximum Gasteiger partial charge on any atom is 0.274 e. The number of ether oxygens (including phenoxy) is 1. The molecule has 0 aromatic carbocycles. The van der Waals surface area contributed by atoms with Crippen molar-refractivity contribution in [3.8, 4) is 5.75 Å². The molecule has 0 fully saturated rings. The Bertz CT molecular complexity index is 742. The summed E-state index contributed by atoms with van der Waals surface area (Å²) in [6.07, 6.45) is 4.64. The highest BCUT2D eigenvalue weighted by Crippen LogP contribution is 2.30. The normalized spacial score (nSPS) is 13.0. The van der Waals surface area contributed by atoms with Crippen molar-refractivity contribution >= 4 is 22.4 Å². The van der Waals surface area contributed by atoms with E-state index in [9.17, 15) is 9.59 Å². The van der Waals surface area contributed by atoms with E-state index in [-0.39, 0.29) is 22.8 Å². The summed E-state index contributed by atoms with van der Waals surface area (Å²) >= 11 is 1.51. The minimum absolute atomic E-state index is 0.210. The van der Waals surface area contributed by atoms with Gasteiger partial charge in [0.1, 0.15) is 5.69 Å². The summed E-state index contributed by atoms with van der Waals surface area (Å²) in [5, 5.41) is 3.35. The molecule has 0 saturated heterocycles. The Kier molecular flexibility index (Phi) is 3.50. The predicted molar refractivity (Wildman–Crippen MR) is 80.3 cm³/mol. The predicted octanol–water partition coefficient (Wildman–Crippen LogP) is 1.59. The lowest BCUT2D eigenvalue weighted by Gasteiger charge is -2.09.